The number of nitrogen functional groups attached to an aromatic ring is 1. The summed E-state index contributed by atoms with van der Waals surface area (Å²) in [6.07, 6.45) is 0. The summed E-state index contributed by atoms with van der Waals surface area (Å²) in [4.78, 5) is 12.1. The van der Waals surface area contributed by atoms with Gasteiger partial charge >= 0.3 is 0 Å². The number of hydrogen-bond donors (Lipinski definition) is 2. The van der Waals surface area contributed by atoms with Crippen LogP contribution in [-0.4, -0.2) is 5.91 Å². The van der Waals surface area contributed by atoms with Crippen LogP contribution in [0.3, 0.4) is 0 Å². The van der Waals surface area contributed by atoms with E-state index in [9.17, 15) is 4.79 Å². The highest BCUT2D eigenvalue weighted by Gasteiger charge is 2.12. The van der Waals surface area contributed by atoms with Crippen molar-refractivity contribution in [2.24, 2.45) is 0 Å². The molecule has 2 aromatic carbocycles. The van der Waals surface area contributed by atoms with Gasteiger partial charge in [-0.25, -0.2) is 0 Å². The quantitative estimate of drug-likeness (QED) is 0.770. The Balaban J connectivity index is 2.28. The smallest absolute Gasteiger partial charge is 0.257 e. The minimum atomic E-state index is -0.333. The van der Waals surface area contributed by atoms with E-state index >= 15 is 0 Å². The third-order valence-electron chi connectivity index (χ3n) is 2.43. The number of hydrogen-bond acceptors (Lipinski definition) is 2. The van der Waals surface area contributed by atoms with Crippen LogP contribution in [0.15, 0.2) is 40.9 Å². The van der Waals surface area contributed by atoms with E-state index in [4.69, 9.17) is 28.9 Å². The fourth-order valence-corrected chi connectivity index (χ4v) is 2.25. The standard InChI is InChI=1S/C13H9BrCl2N2O/c14-7-1-3-10(16)9(5-7)13(19)18-12-4-2-8(15)6-11(12)17/h1-6H,17H2,(H,18,19). The molecular weight excluding hydrogens is 351 g/mol. The number of nitrogens with one attached hydrogen (secondary N) is 1. The normalized spacial score (nSPS) is 10.3. The molecule has 0 aliphatic rings. The first kappa shape index (κ1) is 14.2. The molecule has 98 valence electrons. The van der Waals surface area contributed by atoms with Crippen molar-refractivity contribution < 1.29 is 4.79 Å². The van der Waals surface area contributed by atoms with Gasteiger partial charge in [0, 0.05) is 9.50 Å². The molecule has 0 unspecified atom stereocenters. The van der Waals surface area contributed by atoms with E-state index < -0.39 is 0 Å². The summed E-state index contributed by atoms with van der Waals surface area (Å²) in [7, 11) is 0. The summed E-state index contributed by atoms with van der Waals surface area (Å²) >= 11 is 15.1. The van der Waals surface area contributed by atoms with Crippen LogP contribution in [0.5, 0.6) is 0 Å². The lowest BCUT2D eigenvalue weighted by Gasteiger charge is -2.09. The van der Waals surface area contributed by atoms with E-state index in [0.29, 0.717) is 27.0 Å². The van der Waals surface area contributed by atoms with Gasteiger partial charge in [-0.3, -0.25) is 4.79 Å². The van der Waals surface area contributed by atoms with E-state index in [2.05, 4.69) is 21.2 Å². The minimum Gasteiger partial charge on any atom is -0.397 e. The molecule has 0 aliphatic carbocycles. The Labute approximate surface area is 128 Å². The van der Waals surface area contributed by atoms with E-state index in [1.54, 1.807) is 36.4 Å². The predicted molar refractivity (Wildman–Crippen MR) is 83.0 cm³/mol. The molecule has 0 spiro atoms. The number of amides is 1. The monoisotopic (exact) mass is 358 g/mol. The van der Waals surface area contributed by atoms with Crippen molar-refractivity contribution in [1.29, 1.82) is 0 Å². The van der Waals surface area contributed by atoms with Crippen LogP contribution in [0.4, 0.5) is 11.4 Å². The molecule has 0 bridgehead atoms. The Kier molecular flexibility index (Phi) is 4.34. The maximum Gasteiger partial charge on any atom is 0.257 e. The maximum absolute atomic E-state index is 12.1. The van der Waals surface area contributed by atoms with Crippen LogP contribution >= 0.6 is 39.1 Å². The molecule has 6 heteroatoms. The number of benzene rings is 2. The highest BCUT2D eigenvalue weighted by Crippen LogP contribution is 2.25. The van der Waals surface area contributed by atoms with Gasteiger partial charge in [0.25, 0.3) is 5.91 Å². The molecule has 2 aromatic rings. The van der Waals surface area contributed by atoms with Crippen molar-refractivity contribution in [1.82, 2.24) is 0 Å². The van der Waals surface area contributed by atoms with E-state index in [1.807, 2.05) is 0 Å². The Bertz CT molecular complexity index is 647. The van der Waals surface area contributed by atoms with Gasteiger partial charge in [0.1, 0.15) is 0 Å². The maximum atomic E-state index is 12.1. The molecule has 0 saturated carbocycles. The molecule has 0 saturated heterocycles. The first-order valence-corrected chi connectivity index (χ1v) is 6.83. The zero-order valence-corrected chi connectivity index (χ0v) is 12.7. The molecule has 0 heterocycles. The summed E-state index contributed by atoms with van der Waals surface area (Å²) in [5, 5.41) is 3.57. The van der Waals surface area contributed by atoms with Crippen LogP contribution in [0.2, 0.25) is 10.0 Å². The first-order valence-electron chi connectivity index (χ1n) is 5.29. The Morgan fingerprint density at radius 2 is 1.89 bits per heavy atom. The Morgan fingerprint density at radius 1 is 1.16 bits per heavy atom. The average molecular weight is 360 g/mol. The van der Waals surface area contributed by atoms with Crippen molar-refractivity contribution >= 4 is 56.4 Å². The van der Waals surface area contributed by atoms with Crippen molar-refractivity contribution in [3.63, 3.8) is 0 Å². The number of anilines is 2. The second-order valence-corrected chi connectivity index (χ2v) is 5.57. The lowest BCUT2D eigenvalue weighted by Crippen LogP contribution is -2.13. The zero-order valence-electron chi connectivity index (χ0n) is 9.58. The molecule has 0 fully saturated rings. The van der Waals surface area contributed by atoms with Crippen molar-refractivity contribution in [2.75, 3.05) is 11.1 Å². The van der Waals surface area contributed by atoms with Gasteiger partial charge in [-0.1, -0.05) is 39.1 Å². The number of rotatable bonds is 2. The van der Waals surface area contributed by atoms with Crippen LogP contribution in [-0.2, 0) is 0 Å². The van der Waals surface area contributed by atoms with Crippen molar-refractivity contribution in [2.45, 2.75) is 0 Å². The highest BCUT2D eigenvalue weighted by atomic mass is 79.9. The van der Waals surface area contributed by atoms with Gasteiger partial charge < -0.3 is 11.1 Å². The number of carbonyl (C=O) groups is 1. The summed E-state index contributed by atoms with van der Waals surface area (Å²) in [5.74, 6) is -0.333. The van der Waals surface area contributed by atoms with Crippen LogP contribution in [0, 0.1) is 0 Å². The summed E-state index contributed by atoms with van der Waals surface area (Å²) in [6, 6.07) is 9.91. The molecule has 1 amide bonds. The second kappa shape index (κ2) is 5.82. The highest BCUT2D eigenvalue weighted by molar-refractivity contribution is 9.10. The Morgan fingerprint density at radius 3 is 2.58 bits per heavy atom. The fourth-order valence-electron chi connectivity index (χ4n) is 1.51. The molecule has 0 radical (unpaired) electrons. The molecule has 0 aromatic heterocycles. The lowest BCUT2D eigenvalue weighted by molar-refractivity contribution is 0.102. The summed E-state index contributed by atoms with van der Waals surface area (Å²) in [6.45, 7) is 0. The van der Waals surface area contributed by atoms with Crippen LogP contribution in [0.1, 0.15) is 10.4 Å². The molecular formula is C13H9BrCl2N2O. The average Bonchev–Trinajstić information content (AvgIpc) is 2.35. The van der Waals surface area contributed by atoms with Crippen LogP contribution < -0.4 is 11.1 Å². The van der Waals surface area contributed by atoms with Crippen molar-refractivity contribution in [3.8, 4) is 0 Å². The third kappa shape index (κ3) is 3.41. The molecule has 3 nitrogen and oxygen atoms in total. The number of nitrogens with two attached hydrogens (primary N) is 1. The predicted octanol–water partition coefficient (Wildman–Crippen LogP) is 4.59. The van der Waals surface area contributed by atoms with Crippen molar-refractivity contribution in [3.05, 3.63) is 56.5 Å². The van der Waals surface area contributed by atoms with Gasteiger partial charge in [-0.2, -0.15) is 0 Å². The number of carbonyl (C=O) groups excluding carboxylic acids is 1. The van der Waals surface area contributed by atoms with E-state index in [1.165, 1.54) is 0 Å². The topological polar surface area (TPSA) is 55.1 Å². The minimum absolute atomic E-state index is 0.333. The largest absolute Gasteiger partial charge is 0.397 e. The lowest BCUT2D eigenvalue weighted by atomic mass is 10.2. The second-order valence-electron chi connectivity index (χ2n) is 3.81. The third-order valence-corrected chi connectivity index (χ3v) is 3.49. The number of halogens is 3. The SMILES string of the molecule is Nc1cc(Cl)ccc1NC(=O)c1cc(Br)ccc1Cl. The zero-order chi connectivity index (χ0) is 14.0. The molecule has 3 N–H and O–H groups in total. The fraction of sp³-hybridized carbons (Fsp3) is 0. The summed E-state index contributed by atoms with van der Waals surface area (Å²) < 4.78 is 0.770. The summed E-state index contributed by atoms with van der Waals surface area (Å²) in [5.41, 5.74) is 7.03. The van der Waals surface area contributed by atoms with Gasteiger partial charge in [0.2, 0.25) is 0 Å². The first-order chi connectivity index (χ1) is 8.97. The molecule has 19 heavy (non-hydrogen) atoms. The van der Waals surface area contributed by atoms with Gasteiger partial charge in [0.15, 0.2) is 0 Å². The molecule has 0 aliphatic heterocycles. The van der Waals surface area contributed by atoms with Gasteiger partial charge in [0.05, 0.1) is 22.0 Å². The van der Waals surface area contributed by atoms with Gasteiger partial charge in [-0.05, 0) is 36.4 Å². The van der Waals surface area contributed by atoms with Gasteiger partial charge in [-0.15, -0.1) is 0 Å². The van der Waals surface area contributed by atoms with E-state index in [-0.39, 0.29) is 5.91 Å². The van der Waals surface area contributed by atoms with Crippen LogP contribution in [0.25, 0.3) is 0 Å². The Hall–Kier alpha value is -1.23. The molecule has 0 atom stereocenters. The molecule has 2 rings (SSSR count). The van der Waals surface area contributed by atoms with E-state index in [0.717, 1.165) is 4.47 Å².